The Hall–Kier alpha value is -1.33. The van der Waals surface area contributed by atoms with E-state index in [9.17, 15) is 4.79 Å². The quantitative estimate of drug-likeness (QED) is 0.744. The number of ether oxygens (including phenoxy) is 1. The molecule has 0 saturated carbocycles. The highest BCUT2D eigenvalue weighted by Crippen LogP contribution is 2.27. The predicted octanol–water partition coefficient (Wildman–Crippen LogP) is 5.25. The van der Waals surface area contributed by atoms with Crippen molar-refractivity contribution in [3.8, 4) is 5.75 Å². The summed E-state index contributed by atoms with van der Waals surface area (Å²) in [6.45, 7) is 3.92. The Labute approximate surface area is 141 Å². The molecule has 3 nitrogen and oxygen atoms in total. The molecule has 0 atom stereocenters. The third-order valence-corrected chi connectivity index (χ3v) is 3.81. The SMILES string of the molecule is CC(C)Oc1ccc(C(=O)Nc2ccc(Br)cc2)cc1Br. The van der Waals surface area contributed by atoms with Gasteiger partial charge in [-0.3, -0.25) is 4.79 Å². The van der Waals surface area contributed by atoms with Crippen molar-refractivity contribution >= 4 is 43.5 Å². The molecule has 0 saturated heterocycles. The third kappa shape index (κ3) is 4.58. The Balaban J connectivity index is 2.12. The lowest BCUT2D eigenvalue weighted by Gasteiger charge is -2.12. The number of anilines is 1. The summed E-state index contributed by atoms with van der Waals surface area (Å²) in [4.78, 5) is 12.2. The van der Waals surface area contributed by atoms with Crippen LogP contribution >= 0.6 is 31.9 Å². The molecule has 0 aliphatic carbocycles. The van der Waals surface area contributed by atoms with Crippen molar-refractivity contribution in [2.45, 2.75) is 20.0 Å². The maximum absolute atomic E-state index is 12.2. The first-order chi connectivity index (χ1) is 9.95. The fourth-order valence-corrected chi connectivity index (χ4v) is 2.46. The molecule has 0 spiro atoms. The molecule has 0 aliphatic rings. The number of benzene rings is 2. The minimum atomic E-state index is -0.158. The molecular weight excluding hydrogens is 398 g/mol. The lowest BCUT2D eigenvalue weighted by Crippen LogP contribution is -2.12. The van der Waals surface area contributed by atoms with Crippen molar-refractivity contribution < 1.29 is 9.53 Å². The first-order valence-corrected chi connectivity index (χ1v) is 8.07. The summed E-state index contributed by atoms with van der Waals surface area (Å²) in [5.74, 6) is 0.569. The highest BCUT2D eigenvalue weighted by molar-refractivity contribution is 9.10. The summed E-state index contributed by atoms with van der Waals surface area (Å²) >= 11 is 6.79. The van der Waals surface area contributed by atoms with Crippen molar-refractivity contribution in [2.75, 3.05) is 5.32 Å². The van der Waals surface area contributed by atoms with Gasteiger partial charge in [-0.25, -0.2) is 0 Å². The fraction of sp³-hybridized carbons (Fsp3) is 0.188. The molecule has 1 N–H and O–H groups in total. The maximum atomic E-state index is 12.2. The fourth-order valence-electron chi connectivity index (χ4n) is 1.73. The number of carbonyl (C=O) groups is 1. The van der Waals surface area contributed by atoms with Crippen molar-refractivity contribution in [1.29, 1.82) is 0 Å². The van der Waals surface area contributed by atoms with E-state index in [-0.39, 0.29) is 12.0 Å². The van der Waals surface area contributed by atoms with Crippen LogP contribution in [-0.4, -0.2) is 12.0 Å². The second-order valence-corrected chi connectivity index (χ2v) is 6.54. The van der Waals surface area contributed by atoms with E-state index < -0.39 is 0 Å². The Morgan fingerprint density at radius 3 is 2.33 bits per heavy atom. The van der Waals surface area contributed by atoms with E-state index in [1.54, 1.807) is 18.2 Å². The number of nitrogens with one attached hydrogen (secondary N) is 1. The summed E-state index contributed by atoms with van der Waals surface area (Å²) in [5.41, 5.74) is 1.32. The van der Waals surface area contributed by atoms with Gasteiger partial charge in [0, 0.05) is 15.7 Å². The Kier molecular flexibility index (Phi) is 5.42. The molecule has 0 aromatic heterocycles. The second-order valence-electron chi connectivity index (χ2n) is 4.77. The molecule has 0 heterocycles. The number of halogens is 2. The van der Waals surface area contributed by atoms with Gasteiger partial charge in [-0.1, -0.05) is 15.9 Å². The van der Waals surface area contributed by atoms with Crippen LogP contribution in [0.3, 0.4) is 0 Å². The molecule has 0 radical (unpaired) electrons. The van der Waals surface area contributed by atoms with Crippen molar-refractivity contribution in [1.82, 2.24) is 0 Å². The minimum absolute atomic E-state index is 0.0868. The van der Waals surface area contributed by atoms with Crippen LogP contribution < -0.4 is 10.1 Å². The van der Waals surface area contributed by atoms with E-state index in [4.69, 9.17) is 4.74 Å². The van der Waals surface area contributed by atoms with Gasteiger partial charge in [0.2, 0.25) is 0 Å². The predicted molar refractivity (Wildman–Crippen MR) is 92.0 cm³/mol. The van der Waals surface area contributed by atoms with E-state index in [0.717, 1.165) is 20.4 Å². The van der Waals surface area contributed by atoms with Crippen molar-refractivity contribution in [3.05, 3.63) is 57.0 Å². The van der Waals surface area contributed by atoms with E-state index in [0.29, 0.717) is 5.56 Å². The van der Waals surface area contributed by atoms with Gasteiger partial charge in [-0.15, -0.1) is 0 Å². The van der Waals surface area contributed by atoms with Gasteiger partial charge in [0.1, 0.15) is 5.75 Å². The number of rotatable bonds is 4. The molecule has 2 rings (SSSR count). The van der Waals surface area contributed by atoms with Crippen LogP contribution in [-0.2, 0) is 0 Å². The second kappa shape index (κ2) is 7.09. The molecule has 0 aliphatic heterocycles. The summed E-state index contributed by atoms with van der Waals surface area (Å²) in [5, 5.41) is 2.85. The molecule has 2 aromatic carbocycles. The number of hydrogen-bond donors (Lipinski definition) is 1. The van der Waals surface area contributed by atoms with Crippen LogP contribution in [0.25, 0.3) is 0 Å². The molecule has 0 unspecified atom stereocenters. The Morgan fingerprint density at radius 1 is 1.10 bits per heavy atom. The lowest BCUT2D eigenvalue weighted by molar-refractivity contribution is 0.102. The largest absolute Gasteiger partial charge is 0.490 e. The Morgan fingerprint density at radius 2 is 1.76 bits per heavy atom. The molecule has 0 bridgehead atoms. The summed E-state index contributed by atoms with van der Waals surface area (Å²) in [6, 6.07) is 12.7. The molecule has 1 amide bonds. The van der Waals surface area contributed by atoms with Crippen LogP contribution in [0.5, 0.6) is 5.75 Å². The van der Waals surface area contributed by atoms with Crippen LogP contribution in [0.1, 0.15) is 24.2 Å². The highest BCUT2D eigenvalue weighted by Gasteiger charge is 2.10. The standard InChI is InChI=1S/C16H15Br2NO2/c1-10(2)21-15-8-3-11(9-14(15)18)16(20)19-13-6-4-12(17)5-7-13/h3-10H,1-2H3,(H,19,20). The smallest absolute Gasteiger partial charge is 0.255 e. The average Bonchev–Trinajstić information content (AvgIpc) is 2.43. The van der Waals surface area contributed by atoms with Gasteiger partial charge in [-0.2, -0.15) is 0 Å². The van der Waals surface area contributed by atoms with Crippen molar-refractivity contribution in [3.63, 3.8) is 0 Å². The van der Waals surface area contributed by atoms with Gasteiger partial charge in [0.05, 0.1) is 10.6 Å². The molecule has 0 fully saturated rings. The monoisotopic (exact) mass is 411 g/mol. The normalized spacial score (nSPS) is 10.5. The average molecular weight is 413 g/mol. The molecule has 5 heteroatoms. The van der Waals surface area contributed by atoms with E-state index in [1.165, 1.54) is 0 Å². The first-order valence-electron chi connectivity index (χ1n) is 6.49. The molecule has 110 valence electrons. The zero-order valence-electron chi connectivity index (χ0n) is 11.7. The molecular formula is C16H15Br2NO2. The zero-order chi connectivity index (χ0) is 15.4. The maximum Gasteiger partial charge on any atom is 0.255 e. The topological polar surface area (TPSA) is 38.3 Å². The van der Waals surface area contributed by atoms with Gasteiger partial charge in [0.15, 0.2) is 0 Å². The first kappa shape index (κ1) is 16.0. The van der Waals surface area contributed by atoms with E-state index in [2.05, 4.69) is 37.2 Å². The van der Waals surface area contributed by atoms with Crippen molar-refractivity contribution in [2.24, 2.45) is 0 Å². The Bertz CT molecular complexity index is 639. The summed E-state index contributed by atoms with van der Waals surface area (Å²) < 4.78 is 7.36. The number of hydrogen-bond acceptors (Lipinski definition) is 2. The van der Waals surface area contributed by atoms with Gasteiger partial charge >= 0.3 is 0 Å². The molecule has 2 aromatic rings. The summed E-state index contributed by atoms with van der Waals surface area (Å²) in [7, 11) is 0. The van der Waals surface area contributed by atoms with Crippen LogP contribution in [0.2, 0.25) is 0 Å². The zero-order valence-corrected chi connectivity index (χ0v) is 14.9. The van der Waals surface area contributed by atoms with Crippen LogP contribution in [0, 0.1) is 0 Å². The van der Waals surface area contributed by atoms with Crippen LogP contribution in [0.15, 0.2) is 51.4 Å². The van der Waals surface area contributed by atoms with Gasteiger partial charge in [-0.05, 0) is 72.2 Å². The number of carbonyl (C=O) groups excluding carboxylic acids is 1. The molecule has 21 heavy (non-hydrogen) atoms. The van der Waals surface area contributed by atoms with Crippen LogP contribution in [0.4, 0.5) is 5.69 Å². The number of amides is 1. The lowest BCUT2D eigenvalue weighted by atomic mass is 10.2. The highest BCUT2D eigenvalue weighted by atomic mass is 79.9. The van der Waals surface area contributed by atoms with E-state index in [1.807, 2.05) is 38.1 Å². The van der Waals surface area contributed by atoms with Gasteiger partial charge < -0.3 is 10.1 Å². The summed E-state index contributed by atoms with van der Waals surface area (Å²) in [6.07, 6.45) is 0.0868. The third-order valence-electron chi connectivity index (χ3n) is 2.66. The minimum Gasteiger partial charge on any atom is -0.490 e. The van der Waals surface area contributed by atoms with E-state index >= 15 is 0 Å². The van der Waals surface area contributed by atoms with Gasteiger partial charge in [0.25, 0.3) is 5.91 Å².